The number of aliphatic hydroxyl groups excluding tert-OH is 2. The molecule has 0 bridgehead atoms. The molecule has 3 saturated heterocycles. The van der Waals surface area contributed by atoms with Gasteiger partial charge in [0.25, 0.3) is 0 Å². The van der Waals surface area contributed by atoms with E-state index >= 15 is 0 Å². The molecule has 7 fully saturated rings. The average Bonchev–Trinajstić information content (AvgIpc) is 3.74. The molecule has 0 amide bonds. The second-order valence-corrected chi connectivity index (χ2v) is 19.2. The van der Waals surface area contributed by atoms with Gasteiger partial charge in [-0.25, -0.2) is 0 Å². The zero-order valence-electron chi connectivity index (χ0n) is 36.1. The molecule has 1 unspecified atom stereocenters. The van der Waals surface area contributed by atoms with Crippen LogP contribution in [0.25, 0.3) is 0 Å². The molecule has 3 N–H and O–H groups in total. The van der Waals surface area contributed by atoms with E-state index in [1.165, 1.54) is 26.2 Å². The Morgan fingerprint density at radius 2 is 1.55 bits per heavy atom. The first-order chi connectivity index (χ1) is 28.4. The van der Waals surface area contributed by atoms with Crippen LogP contribution in [0.2, 0.25) is 0 Å². The molecule has 3 aliphatic heterocycles. The van der Waals surface area contributed by atoms with Gasteiger partial charge in [-0.1, -0.05) is 26.0 Å². The van der Waals surface area contributed by atoms with Gasteiger partial charge in [0.05, 0.1) is 30.8 Å². The first-order valence-electron chi connectivity index (χ1n) is 21.8. The molecule has 4 aliphatic carbocycles. The molecule has 334 valence electrons. The van der Waals surface area contributed by atoms with Crippen LogP contribution in [0.3, 0.4) is 0 Å². The van der Waals surface area contributed by atoms with Gasteiger partial charge in [-0.15, -0.1) is 0 Å². The van der Waals surface area contributed by atoms with E-state index in [0.717, 1.165) is 19.3 Å². The topological polar surface area (TPSA) is 198 Å². The van der Waals surface area contributed by atoms with E-state index in [2.05, 4.69) is 6.92 Å². The maximum atomic E-state index is 14.0. The molecule has 1 aromatic rings. The van der Waals surface area contributed by atoms with Crippen LogP contribution >= 0.6 is 0 Å². The number of esters is 2. The summed E-state index contributed by atoms with van der Waals surface area (Å²) in [5.74, 6) is -1.51. The van der Waals surface area contributed by atoms with Gasteiger partial charge in [-0.3, -0.25) is 14.4 Å². The molecule has 15 heteroatoms. The van der Waals surface area contributed by atoms with Crippen LogP contribution < -0.4 is 0 Å². The van der Waals surface area contributed by atoms with Crippen LogP contribution in [0, 0.1) is 28.6 Å². The van der Waals surface area contributed by atoms with E-state index in [-0.39, 0.29) is 35.9 Å². The molecule has 60 heavy (non-hydrogen) atoms. The van der Waals surface area contributed by atoms with E-state index in [4.69, 9.17) is 42.6 Å². The number of epoxide rings is 1. The first-order valence-corrected chi connectivity index (χ1v) is 21.8. The SMILES string of the molecule is CO[C@H]1[C@@H](O)[C@H](O[C@@H]2[C@@H](C)O[C@@H](O[C@H]3CC[C@]4(C)C5[C@H](OC(=O)Cc6ccc(O)cc6)[C@@H](OC(C)=O)[C@]6(C)[C@H](C(C)=O)CC[C@@]67O[C@@]57CC[C@H]4C3)C[C@H]2OC)O[C@H](C)[C@H]1O. The predicted octanol–water partition coefficient (Wildman–Crippen LogP) is 3.92. The van der Waals surface area contributed by atoms with Crippen molar-refractivity contribution in [2.75, 3.05) is 14.2 Å². The number of carbonyl (C=O) groups excluding carboxylic acids is 3. The minimum atomic E-state index is -1.23. The van der Waals surface area contributed by atoms with Crippen molar-refractivity contribution in [2.24, 2.45) is 28.6 Å². The molecule has 0 radical (unpaired) electrons. The van der Waals surface area contributed by atoms with Crippen molar-refractivity contribution in [1.29, 1.82) is 0 Å². The molecular weight excluding hydrogens is 780 g/mol. The van der Waals surface area contributed by atoms with Crippen molar-refractivity contribution in [1.82, 2.24) is 0 Å². The fourth-order valence-corrected chi connectivity index (χ4v) is 13.3. The number of fused-ring (bicyclic) bond motifs is 2. The van der Waals surface area contributed by atoms with Crippen molar-refractivity contribution in [3.63, 3.8) is 0 Å². The molecule has 2 spiro atoms. The van der Waals surface area contributed by atoms with E-state index in [0.29, 0.717) is 37.7 Å². The number of phenols is 1. The van der Waals surface area contributed by atoms with Crippen molar-refractivity contribution < 1.29 is 72.3 Å². The second kappa shape index (κ2) is 16.1. The number of hydrogen-bond donors (Lipinski definition) is 3. The quantitative estimate of drug-likeness (QED) is 0.165. The number of phenolic OH excluding ortho intramolecular Hbond substituents is 1. The second-order valence-electron chi connectivity index (χ2n) is 19.2. The van der Waals surface area contributed by atoms with Crippen molar-refractivity contribution in [2.45, 2.75) is 184 Å². The van der Waals surface area contributed by atoms with Crippen molar-refractivity contribution in [3.05, 3.63) is 29.8 Å². The first kappa shape index (κ1) is 43.9. The van der Waals surface area contributed by atoms with E-state index in [1.807, 2.05) is 13.8 Å². The average molecular weight is 845 g/mol. The maximum Gasteiger partial charge on any atom is 0.310 e. The Kier molecular flexibility index (Phi) is 11.8. The minimum absolute atomic E-state index is 0.00396. The Morgan fingerprint density at radius 3 is 2.22 bits per heavy atom. The van der Waals surface area contributed by atoms with Crippen LogP contribution in [-0.4, -0.2) is 132 Å². The summed E-state index contributed by atoms with van der Waals surface area (Å²) < 4.78 is 56.6. The number of rotatable bonds is 11. The molecule has 15 nitrogen and oxygen atoms in total. The third-order valence-corrected chi connectivity index (χ3v) is 16.1. The number of aromatic hydroxyl groups is 1. The Bertz CT molecular complexity index is 1770. The van der Waals surface area contributed by atoms with Gasteiger partial charge in [-0.05, 0) is 94.7 Å². The fraction of sp³-hybridized carbons (Fsp3) is 0.800. The lowest BCUT2D eigenvalue weighted by Gasteiger charge is -2.61. The maximum absolute atomic E-state index is 14.0. The Balaban J connectivity index is 1.02. The highest BCUT2D eigenvalue weighted by Gasteiger charge is 2.91. The van der Waals surface area contributed by atoms with Gasteiger partial charge in [0.1, 0.15) is 59.4 Å². The van der Waals surface area contributed by atoms with E-state index < -0.39 is 107 Å². The molecule has 0 aromatic heterocycles. The Morgan fingerprint density at radius 1 is 0.817 bits per heavy atom. The van der Waals surface area contributed by atoms with Crippen LogP contribution in [0.4, 0.5) is 0 Å². The van der Waals surface area contributed by atoms with Gasteiger partial charge in [-0.2, -0.15) is 0 Å². The number of aliphatic hydroxyl groups is 2. The Labute approximate surface area is 352 Å². The van der Waals surface area contributed by atoms with Crippen LogP contribution in [0.5, 0.6) is 5.75 Å². The van der Waals surface area contributed by atoms with Gasteiger partial charge >= 0.3 is 11.9 Å². The molecule has 19 atom stereocenters. The van der Waals surface area contributed by atoms with E-state index in [1.54, 1.807) is 33.1 Å². The zero-order valence-corrected chi connectivity index (χ0v) is 36.1. The molecule has 8 rings (SSSR count). The monoisotopic (exact) mass is 844 g/mol. The normalized spacial score (nSPS) is 48.1. The van der Waals surface area contributed by atoms with Gasteiger partial charge < -0.3 is 58.0 Å². The summed E-state index contributed by atoms with van der Waals surface area (Å²) in [4.78, 5) is 40.4. The largest absolute Gasteiger partial charge is 0.508 e. The lowest BCUT2D eigenvalue weighted by molar-refractivity contribution is -0.343. The predicted molar refractivity (Wildman–Crippen MR) is 210 cm³/mol. The number of methoxy groups -OCH3 is 2. The lowest BCUT2D eigenvalue weighted by Crippen LogP contribution is -2.70. The number of Topliss-reactive ketones (excluding diaryl/α,β-unsaturated/α-hetero) is 1. The fourth-order valence-electron chi connectivity index (χ4n) is 13.3. The molecule has 4 saturated carbocycles. The summed E-state index contributed by atoms with van der Waals surface area (Å²) in [6.45, 7) is 10.8. The van der Waals surface area contributed by atoms with Gasteiger partial charge in [0.2, 0.25) is 0 Å². The molecular formula is C45H64O15. The standard InChI is InChI=1S/C45H64O15/c1-22(46)30-15-18-45-43(30,6)40(56-25(4)47)38(58-32(49)19-26-9-11-28(48)12-10-26)39-42(5)16-14-29(20-27(42)13-17-44(39,45)60-45)57-33-21-31(52-7)36(24(3)54-33)59-41-35(51)37(53-8)34(50)23(2)55-41/h9-12,23-24,27,29-31,33-41,48,50-51H,13-21H2,1-8H3/t23-,24-,27+,29+,30+,31-,33+,34-,35-,36-,37-,38+,39?,40-,41+,42+,43+,44+,45-/m1/s1. The van der Waals surface area contributed by atoms with Crippen molar-refractivity contribution in [3.8, 4) is 5.75 Å². The smallest absolute Gasteiger partial charge is 0.310 e. The number of ketones is 1. The lowest BCUT2D eigenvalue weighted by atomic mass is 9.43. The van der Waals surface area contributed by atoms with Crippen molar-refractivity contribution >= 4 is 17.7 Å². The Hall–Kier alpha value is -2.73. The van der Waals surface area contributed by atoms with Gasteiger partial charge in [0, 0.05) is 44.8 Å². The summed E-state index contributed by atoms with van der Waals surface area (Å²) in [6.07, 6.45) is -3.58. The summed E-state index contributed by atoms with van der Waals surface area (Å²) in [5.41, 5.74) is -2.01. The molecule has 7 aliphatic rings. The molecule has 3 heterocycles. The number of ether oxygens (including phenoxy) is 9. The van der Waals surface area contributed by atoms with Crippen LogP contribution in [0.15, 0.2) is 24.3 Å². The summed E-state index contributed by atoms with van der Waals surface area (Å²) in [6, 6.07) is 6.41. The number of benzene rings is 1. The van der Waals surface area contributed by atoms with Gasteiger partial charge in [0.15, 0.2) is 12.6 Å². The van der Waals surface area contributed by atoms with E-state index in [9.17, 15) is 29.7 Å². The third-order valence-electron chi connectivity index (χ3n) is 16.1. The summed E-state index contributed by atoms with van der Waals surface area (Å²) in [7, 11) is 3.03. The third kappa shape index (κ3) is 6.93. The zero-order chi connectivity index (χ0) is 43.1. The summed E-state index contributed by atoms with van der Waals surface area (Å²) >= 11 is 0. The highest BCUT2D eigenvalue weighted by Crippen LogP contribution is 2.81. The molecule has 1 aromatic carbocycles. The highest BCUT2D eigenvalue weighted by molar-refractivity contribution is 5.81. The highest BCUT2D eigenvalue weighted by atomic mass is 16.7. The minimum Gasteiger partial charge on any atom is -0.508 e. The number of hydrogen-bond acceptors (Lipinski definition) is 15. The number of carbonyl (C=O) groups is 3. The van der Waals surface area contributed by atoms with Crippen LogP contribution in [-0.2, 0) is 63.4 Å². The van der Waals surface area contributed by atoms with Crippen LogP contribution in [0.1, 0.15) is 98.5 Å². The summed E-state index contributed by atoms with van der Waals surface area (Å²) in [5, 5.41) is 31.2.